The maximum Gasteiger partial charge on any atom is 0.249 e. The second kappa shape index (κ2) is 7.37. The van der Waals surface area contributed by atoms with Crippen LogP contribution in [0.2, 0.25) is 0 Å². The topological polar surface area (TPSA) is 58.1 Å². The first-order valence-electron chi connectivity index (χ1n) is 7.80. The third-order valence-corrected chi connectivity index (χ3v) is 4.79. The molecule has 3 heterocycles. The molecule has 0 aliphatic carbocycles. The highest BCUT2D eigenvalue weighted by atomic mass is 32.1. The lowest BCUT2D eigenvalue weighted by Gasteiger charge is -2.31. The molecule has 0 radical (unpaired) electrons. The van der Waals surface area contributed by atoms with Gasteiger partial charge in [0.15, 0.2) is 0 Å². The van der Waals surface area contributed by atoms with Crippen LogP contribution in [0.3, 0.4) is 0 Å². The Morgan fingerprint density at radius 1 is 1.39 bits per heavy atom. The van der Waals surface area contributed by atoms with Crippen LogP contribution >= 0.6 is 11.3 Å². The van der Waals surface area contributed by atoms with Crippen LogP contribution in [-0.2, 0) is 4.79 Å². The third kappa shape index (κ3) is 4.39. The minimum atomic E-state index is -0.185. The summed E-state index contributed by atoms with van der Waals surface area (Å²) in [5, 5.41) is 4.77. The Balaban J connectivity index is 1.62. The summed E-state index contributed by atoms with van der Waals surface area (Å²) in [6.07, 6.45) is 7.18. The van der Waals surface area contributed by atoms with Crippen LogP contribution < -0.4 is 10.2 Å². The van der Waals surface area contributed by atoms with Gasteiger partial charge in [-0.2, -0.15) is 0 Å². The average Bonchev–Trinajstić information content (AvgIpc) is 3.07. The number of nitrogens with one attached hydrogen (secondary N) is 1. The zero-order valence-electron chi connectivity index (χ0n) is 13.1. The third-order valence-electron chi connectivity index (χ3n) is 3.95. The number of anilines is 2. The standard InChI is InChI=1S/C17H20N4OS/c1-13-6-8-21(9-7-13)16-11-15(18-12-19-16)20-17(22)5-4-14-3-2-10-23-14/h2-5,10-13H,6-9H2,1H3,(H,18,19,20,22)/b5-4+. The fraction of sp³-hybridized carbons (Fsp3) is 0.353. The Labute approximate surface area is 140 Å². The van der Waals surface area contributed by atoms with E-state index >= 15 is 0 Å². The van der Waals surface area contributed by atoms with Gasteiger partial charge in [-0.25, -0.2) is 9.97 Å². The summed E-state index contributed by atoms with van der Waals surface area (Å²) >= 11 is 1.59. The summed E-state index contributed by atoms with van der Waals surface area (Å²) < 4.78 is 0. The van der Waals surface area contributed by atoms with Crippen molar-refractivity contribution in [2.45, 2.75) is 19.8 Å². The maximum atomic E-state index is 12.0. The van der Waals surface area contributed by atoms with Crippen molar-refractivity contribution >= 4 is 35.0 Å². The predicted molar refractivity (Wildman–Crippen MR) is 94.6 cm³/mol. The van der Waals surface area contributed by atoms with E-state index in [4.69, 9.17) is 0 Å². The van der Waals surface area contributed by atoms with Crippen molar-refractivity contribution in [1.29, 1.82) is 0 Å². The number of amides is 1. The number of hydrogen-bond acceptors (Lipinski definition) is 5. The molecule has 3 rings (SSSR count). The van der Waals surface area contributed by atoms with E-state index in [2.05, 4.69) is 27.1 Å². The minimum Gasteiger partial charge on any atom is -0.356 e. The zero-order chi connectivity index (χ0) is 16.1. The first-order valence-corrected chi connectivity index (χ1v) is 8.68. The van der Waals surface area contributed by atoms with E-state index in [1.165, 1.54) is 25.2 Å². The number of hydrogen-bond donors (Lipinski definition) is 1. The summed E-state index contributed by atoms with van der Waals surface area (Å²) in [6.45, 7) is 4.29. The quantitative estimate of drug-likeness (QED) is 0.874. The second-order valence-electron chi connectivity index (χ2n) is 5.77. The number of aromatic nitrogens is 2. The molecule has 0 spiro atoms. The van der Waals surface area contributed by atoms with Gasteiger partial charge in [0, 0.05) is 30.1 Å². The van der Waals surface area contributed by atoms with E-state index < -0.39 is 0 Å². The van der Waals surface area contributed by atoms with Gasteiger partial charge in [0.1, 0.15) is 18.0 Å². The van der Waals surface area contributed by atoms with Gasteiger partial charge in [0.25, 0.3) is 0 Å². The number of piperidine rings is 1. The minimum absolute atomic E-state index is 0.185. The van der Waals surface area contributed by atoms with Gasteiger partial charge in [-0.05, 0) is 36.3 Å². The normalized spacial score (nSPS) is 16.0. The van der Waals surface area contributed by atoms with Crippen LogP contribution in [-0.4, -0.2) is 29.0 Å². The fourth-order valence-electron chi connectivity index (χ4n) is 2.54. The molecule has 1 amide bonds. The van der Waals surface area contributed by atoms with Crippen molar-refractivity contribution in [3.05, 3.63) is 40.9 Å². The summed E-state index contributed by atoms with van der Waals surface area (Å²) in [5.41, 5.74) is 0. The lowest BCUT2D eigenvalue weighted by molar-refractivity contribution is -0.111. The highest BCUT2D eigenvalue weighted by Gasteiger charge is 2.17. The van der Waals surface area contributed by atoms with Gasteiger partial charge in [-0.3, -0.25) is 4.79 Å². The van der Waals surface area contributed by atoms with Crippen LogP contribution in [0.1, 0.15) is 24.6 Å². The number of carbonyl (C=O) groups excluding carboxylic acids is 1. The van der Waals surface area contributed by atoms with E-state index in [1.54, 1.807) is 17.4 Å². The molecule has 1 N–H and O–H groups in total. The van der Waals surface area contributed by atoms with Crippen LogP contribution in [0.4, 0.5) is 11.6 Å². The smallest absolute Gasteiger partial charge is 0.249 e. The maximum absolute atomic E-state index is 12.0. The summed E-state index contributed by atoms with van der Waals surface area (Å²) in [4.78, 5) is 23.7. The number of nitrogens with zero attached hydrogens (tertiary/aromatic N) is 3. The Morgan fingerprint density at radius 2 is 2.22 bits per heavy atom. The highest BCUT2D eigenvalue weighted by molar-refractivity contribution is 7.10. The molecule has 0 aromatic carbocycles. The molecule has 1 fully saturated rings. The summed E-state index contributed by atoms with van der Waals surface area (Å²) in [6, 6.07) is 5.76. The molecule has 1 aliphatic rings. The largest absolute Gasteiger partial charge is 0.356 e. The van der Waals surface area contributed by atoms with E-state index in [0.717, 1.165) is 29.7 Å². The molecule has 0 atom stereocenters. The van der Waals surface area contributed by atoms with Crippen LogP contribution in [0.25, 0.3) is 6.08 Å². The lowest BCUT2D eigenvalue weighted by Crippen LogP contribution is -2.33. The molecule has 0 saturated carbocycles. The van der Waals surface area contributed by atoms with Crippen LogP contribution in [0.5, 0.6) is 0 Å². The molecule has 23 heavy (non-hydrogen) atoms. The molecular weight excluding hydrogens is 308 g/mol. The molecule has 0 bridgehead atoms. The van der Waals surface area contributed by atoms with Gasteiger partial charge in [-0.1, -0.05) is 13.0 Å². The Bertz CT molecular complexity index is 676. The van der Waals surface area contributed by atoms with Crippen molar-refractivity contribution in [2.24, 2.45) is 5.92 Å². The van der Waals surface area contributed by atoms with Gasteiger partial charge >= 0.3 is 0 Å². The molecule has 0 unspecified atom stereocenters. The van der Waals surface area contributed by atoms with Crippen LogP contribution in [0.15, 0.2) is 36.0 Å². The fourth-order valence-corrected chi connectivity index (χ4v) is 3.16. The Kier molecular flexibility index (Phi) is 5.02. The Hall–Kier alpha value is -2.21. The van der Waals surface area contributed by atoms with Gasteiger partial charge in [-0.15, -0.1) is 11.3 Å². The van der Waals surface area contributed by atoms with E-state index in [9.17, 15) is 4.79 Å². The molecular formula is C17H20N4OS. The molecule has 1 saturated heterocycles. The first kappa shape index (κ1) is 15.7. The van der Waals surface area contributed by atoms with Gasteiger partial charge in [0.2, 0.25) is 5.91 Å². The van der Waals surface area contributed by atoms with Gasteiger partial charge in [0.05, 0.1) is 0 Å². The number of rotatable bonds is 4. The van der Waals surface area contributed by atoms with Crippen molar-refractivity contribution < 1.29 is 4.79 Å². The molecule has 1 aliphatic heterocycles. The molecule has 5 nitrogen and oxygen atoms in total. The predicted octanol–water partition coefficient (Wildman–Crippen LogP) is 3.43. The summed E-state index contributed by atoms with van der Waals surface area (Å²) in [7, 11) is 0. The second-order valence-corrected chi connectivity index (χ2v) is 6.75. The van der Waals surface area contributed by atoms with Crippen molar-refractivity contribution in [2.75, 3.05) is 23.3 Å². The van der Waals surface area contributed by atoms with Crippen molar-refractivity contribution in [3.63, 3.8) is 0 Å². The molecule has 2 aromatic rings. The SMILES string of the molecule is CC1CCN(c2cc(NC(=O)/C=C/c3cccs3)ncn2)CC1. The molecule has 120 valence electrons. The molecule has 2 aromatic heterocycles. The Morgan fingerprint density at radius 3 is 2.96 bits per heavy atom. The average molecular weight is 328 g/mol. The van der Waals surface area contributed by atoms with Crippen LogP contribution in [0, 0.1) is 5.92 Å². The van der Waals surface area contributed by atoms with Gasteiger partial charge < -0.3 is 10.2 Å². The number of thiophene rings is 1. The number of carbonyl (C=O) groups is 1. The molecule has 6 heteroatoms. The monoisotopic (exact) mass is 328 g/mol. The van der Waals surface area contributed by atoms with E-state index in [1.807, 2.05) is 23.6 Å². The highest BCUT2D eigenvalue weighted by Crippen LogP contribution is 2.22. The van der Waals surface area contributed by atoms with Crippen molar-refractivity contribution in [1.82, 2.24) is 9.97 Å². The lowest BCUT2D eigenvalue weighted by atomic mass is 9.99. The van der Waals surface area contributed by atoms with Crippen molar-refractivity contribution in [3.8, 4) is 0 Å². The van der Waals surface area contributed by atoms with E-state index in [0.29, 0.717) is 5.82 Å². The van der Waals surface area contributed by atoms with E-state index in [-0.39, 0.29) is 5.91 Å². The summed E-state index contributed by atoms with van der Waals surface area (Å²) in [5.74, 6) is 2.00. The zero-order valence-corrected chi connectivity index (χ0v) is 13.9. The first-order chi connectivity index (χ1) is 11.2.